The molecular weight excluding hydrogens is 310 g/mol. The van der Waals surface area contributed by atoms with Gasteiger partial charge in [0.1, 0.15) is 18.2 Å². The van der Waals surface area contributed by atoms with E-state index in [1.54, 1.807) is 20.8 Å². The minimum absolute atomic E-state index is 0.133. The molecule has 24 heavy (non-hydrogen) atoms. The smallest absolute Gasteiger partial charge is 0.331 e. The van der Waals surface area contributed by atoms with E-state index in [1.165, 1.54) is 6.92 Å². The van der Waals surface area contributed by atoms with E-state index in [4.69, 9.17) is 9.47 Å². The van der Waals surface area contributed by atoms with Gasteiger partial charge < -0.3 is 14.8 Å². The van der Waals surface area contributed by atoms with Crippen LogP contribution in [0, 0.1) is 0 Å². The Labute approximate surface area is 141 Å². The number of rotatable bonds is 6. The summed E-state index contributed by atoms with van der Waals surface area (Å²) in [7, 11) is 0. The van der Waals surface area contributed by atoms with Crippen LogP contribution in [-0.4, -0.2) is 29.5 Å². The van der Waals surface area contributed by atoms with Gasteiger partial charge in [-0.3, -0.25) is 4.79 Å². The molecule has 0 fully saturated rings. The molecular formula is C18H23NO5. The molecule has 1 amide bonds. The number of ether oxygens (including phenoxy) is 2. The Balaban J connectivity index is 2.40. The van der Waals surface area contributed by atoms with E-state index in [2.05, 4.69) is 5.32 Å². The van der Waals surface area contributed by atoms with Crippen molar-refractivity contribution < 1.29 is 23.9 Å². The maximum Gasteiger partial charge on any atom is 0.331 e. The molecule has 0 unspecified atom stereocenters. The van der Waals surface area contributed by atoms with Crippen LogP contribution < -0.4 is 5.32 Å². The summed E-state index contributed by atoms with van der Waals surface area (Å²) in [5, 5.41) is 2.43. The Morgan fingerprint density at radius 1 is 1.12 bits per heavy atom. The van der Waals surface area contributed by atoms with Crippen LogP contribution in [-0.2, 0) is 30.5 Å². The largest absolute Gasteiger partial charge is 0.459 e. The molecule has 0 saturated carbocycles. The van der Waals surface area contributed by atoms with Crippen molar-refractivity contribution >= 4 is 17.8 Å². The van der Waals surface area contributed by atoms with Gasteiger partial charge in [0.05, 0.1) is 0 Å². The van der Waals surface area contributed by atoms with Gasteiger partial charge in [-0.2, -0.15) is 0 Å². The lowest BCUT2D eigenvalue weighted by atomic mass is 10.2. The Kier molecular flexibility index (Phi) is 7.17. The molecule has 0 saturated heterocycles. The number of carbonyl (C=O) groups excluding carboxylic acids is 3. The fourth-order valence-corrected chi connectivity index (χ4v) is 1.65. The van der Waals surface area contributed by atoms with Crippen LogP contribution in [0.3, 0.4) is 0 Å². The normalized spacial score (nSPS) is 12.5. The first kappa shape index (κ1) is 19.4. The molecule has 130 valence electrons. The first-order valence-electron chi connectivity index (χ1n) is 7.59. The lowest BCUT2D eigenvalue weighted by molar-refractivity contribution is -0.148. The molecule has 1 aromatic carbocycles. The van der Waals surface area contributed by atoms with Crippen molar-refractivity contribution in [2.75, 3.05) is 0 Å². The minimum Gasteiger partial charge on any atom is -0.459 e. The second-order valence-electron chi connectivity index (χ2n) is 6.19. The maximum absolute atomic E-state index is 11.8. The topological polar surface area (TPSA) is 81.7 Å². The van der Waals surface area contributed by atoms with Crippen LogP contribution in [0.2, 0.25) is 0 Å². The first-order valence-corrected chi connectivity index (χ1v) is 7.59. The second kappa shape index (κ2) is 8.86. The van der Waals surface area contributed by atoms with Gasteiger partial charge in [0.25, 0.3) is 0 Å². The molecule has 0 bridgehead atoms. The number of hydrogen-bond acceptors (Lipinski definition) is 5. The number of nitrogens with one attached hydrogen (secondary N) is 1. The van der Waals surface area contributed by atoms with E-state index in [9.17, 15) is 14.4 Å². The van der Waals surface area contributed by atoms with Gasteiger partial charge in [0, 0.05) is 12.2 Å². The number of hydrogen-bond donors (Lipinski definition) is 1. The van der Waals surface area contributed by atoms with Gasteiger partial charge in [0.15, 0.2) is 0 Å². The van der Waals surface area contributed by atoms with E-state index in [1.807, 2.05) is 30.3 Å². The van der Waals surface area contributed by atoms with Crippen LogP contribution in [0.1, 0.15) is 33.3 Å². The molecule has 0 heterocycles. The quantitative estimate of drug-likeness (QED) is 0.637. The monoisotopic (exact) mass is 333 g/mol. The fraction of sp³-hybridized carbons (Fsp3) is 0.389. The lowest BCUT2D eigenvalue weighted by Gasteiger charge is -2.17. The molecule has 0 aliphatic rings. The molecule has 1 aromatic rings. The van der Waals surface area contributed by atoms with Gasteiger partial charge in [-0.05, 0) is 33.3 Å². The van der Waals surface area contributed by atoms with E-state index in [0.717, 1.165) is 17.7 Å². The number of esters is 2. The predicted octanol–water partition coefficient (Wildman–Crippen LogP) is 2.13. The third kappa shape index (κ3) is 8.12. The van der Waals surface area contributed by atoms with E-state index < -0.39 is 29.5 Å². The summed E-state index contributed by atoms with van der Waals surface area (Å²) in [6.07, 6.45) is 2.04. The van der Waals surface area contributed by atoms with Crippen molar-refractivity contribution in [3.05, 3.63) is 48.0 Å². The van der Waals surface area contributed by atoms with E-state index in [0.29, 0.717) is 0 Å². The SMILES string of the molecule is C[C@H](NC(=O)/C=C/C(=O)OC(C)(C)C)C(=O)OCc1ccccc1. The first-order chi connectivity index (χ1) is 11.2. The summed E-state index contributed by atoms with van der Waals surface area (Å²) in [6, 6.07) is 8.39. The Bertz CT molecular complexity index is 602. The van der Waals surface area contributed by atoms with Crippen LogP contribution in [0.15, 0.2) is 42.5 Å². The van der Waals surface area contributed by atoms with Crippen molar-refractivity contribution in [2.45, 2.75) is 45.9 Å². The van der Waals surface area contributed by atoms with Crippen LogP contribution in [0.25, 0.3) is 0 Å². The summed E-state index contributed by atoms with van der Waals surface area (Å²) in [6.45, 7) is 6.82. The lowest BCUT2D eigenvalue weighted by Crippen LogP contribution is -2.38. The highest BCUT2D eigenvalue weighted by molar-refractivity contribution is 5.96. The molecule has 0 radical (unpaired) electrons. The summed E-state index contributed by atoms with van der Waals surface area (Å²) in [5.41, 5.74) is 0.223. The average Bonchev–Trinajstić information content (AvgIpc) is 2.50. The van der Waals surface area contributed by atoms with Gasteiger partial charge in [-0.1, -0.05) is 30.3 Å². The standard InChI is InChI=1S/C18H23NO5/c1-13(17(22)23-12-14-8-6-5-7-9-14)19-15(20)10-11-16(21)24-18(2,3)4/h5-11,13H,12H2,1-4H3,(H,19,20)/b11-10+/t13-/m0/s1. The molecule has 1 atom stereocenters. The molecule has 0 spiro atoms. The van der Waals surface area contributed by atoms with E-state index in [-0.39, 0.29) is 6.61 Å². The Morgan fingerprint density at radius 3 is 2.33 bits per heavy atom. The van der Waals surface area contributed by atoms with Gasteiger partial charge in [0.2, 0.25) is 5.91 Å². The zero-order chi connectivity index (χ0) is 18.2. The summed E-state index contributed by atoms with van der Waals surface area (Å²) >= 11 is 0. The molecule has 6 nitrogen and oxygen atoms in total. The Hall–Kier alpha value is -2.63. The third-order valence-electron chi connectivity index (χ3n) is 2.71. The van der Waals surface area contributed by atoms with Crippen LogP contribution in [0.5, 0.6) is 0 Å². The second-order valence-corrected chi connectivity index (χ2v) is 6.19. The highest BCUT2D eigenvalue weighted by Crippen LogP contribution is 2.07. The predicted molar refractivity (Wildman–Crippen MR) is 88.8 cm³/mol. The highest BCUT2D eigenvalue weighted by Gasteiger charge is 2.17. The molecule has 0 aliphatic heterocycles. The van der Waals surface area contributed by atoms with Crippen molar-refractivity contribution in [1.29, 1.82) is 0 Å². The van der Waals surface area contributed by atoms with Crippen LogP contribution >= 0.6 is 0 Å². The molecule has 6 heteroatoms. The van der Waals surface area contributed by atoms with Crippen molar-refractivity contribution in [3.63, 3.8) is 0 Å². The zero-order valence-electron chi connectivity index (χ0n) is 14.4. The van der Waals surface area contributed by atoms with Crippen LogP contribution in [0.4, 0.5) is 0 Å². The molecule has 0 aromatic heterocycles. The Morgan fingerprint density at radius 2 is 1.75 bits per heavy atom. The fourth-order valence-electron chi connectivity index (χ4n) is 1.65. The van der Waals surface area contributed by atoms with Gasteiger partial charge in [-0.25, -0.2) is 9.59 Å². The number of carbonyl (C=O) groups is 3. The average molecular weight is 333 g/mol. The molecule has 1 rings (SSSR count). The highest BCUT2D eigenvalue weighted by atomic mass is 16.6. The zero-order valence-corrected chi connectivity index (χ0v) is 14.4. The van der Waals surface area contributed by atoms with Gasteiger partial charge in [-0.15, -0.1) is 0 Å². The van der Waals surface area contributed by atoms with Crippen molar-refractivity contribution in [3.8, 4) is 0 Å². The van der Waals surface area contributed by atoms with Gasteiger partial charge >= 0.3 is 11.9 Å². The summed E-state index contributed by atoms with van der Waals surface area (Å²) < 4.78 is 10.1. The van der Waals surface area contributed by atoms with Crippen molar-refractivity contribution in [2.24, 2.45) is 0 Å². The summed E-state index contributed by atoms with van der Waals surface area (Å²) in [4.78, 5) is 35.0. The van der Waals surface area contributed by atoms with Crippen molar-refractivity contribution in [1.82, 2.24) is 5.32 Å². The molecule has 0 aliphatic carbocycles. The third-order valence-corrected chi connectivity index (χ3v) is 2.71. The molecule has 1 N–H and O–H groups in total. The summed E-state index contributed by atoms with van der Waals surface area (Å²) in [5.74, 6) is -1.76. The number of amides is 1. The maximum atomic E-state index is 11.8. The van der Waals surface area contributed by atoms with E-state index >= 15 is 0 Å². The number of benzene rings is 1. The minimum atomic E-state index is -0.829.